The van der Waals surface area contributed by atoms with Crippen molar-refractivity contribution in [1.29, 1.82) is 0 Å². The maximum Gasteiger partial charge on any atom is 0.226 e. The summed E-state index contributed by atoms with van der Waals surface area (Å²) >= 11 is 0. The van der Waals surface area contributed by atoms with E-state index in [0.29, 0.717) is 24.4 Å². The number of para-hydroxylation sites is 1. The van der Waals surface area contributed by atoms with Crippen LogP contribution in [0.5, 0.6) is 5.75 Å². The number of methoxy groups -OCH3 is 1. The largest absolute Gasteiger partial charge is 0.496 e. The van der Waals surface area contributed by atoms with Crippen LogP contribution in [0.15, 0.2) is 66.7 Å². The van der Waals surface area contributed by atoms with Gasteiger partial charge in [-0.25, -0.2) is 0 Å². The molecular weight excluding hydrogens is 352 g/mol. The van der Waals surface area contributed by atoms with Gasteiger partial charge in [-0.15, -0.1) is 10.2 Å². The Hall–Kier alpha value is -3.67. The number of ketones is 1. The van der Waals surface area contributed by atoms with E-state index in [1.54, 1.807) is 7.11 Å². The molecule has 6 heteroatoms. The Balaban J connectivity index is 1.52. The van der Waals surface area contributed by atoms with E-state index in [0.717, 1.165) is 28.1 Å². The highest BCUT2D eigenvalue weighted by Crippen LogP contribution is 2.23. The van der Waals surface area contributed by atoms with E-state index in [1.807, 2.05) is 71.1 Å². The highest BCUT2D eigenvalue weighted by atomic mass is 16.5. The molecule has 0 saturated heterocycles. The fourth-order valence-electron chi connectivity index (χ4n) is 3.33. The number of rotatable bonds is 6. The molecule has 0 bridgehead atoms. The molecule has 0 unspecified atom stereocenters. The number of aromatic nitrogens is 3. The summed E-state index contributed by atoms with van der Waals surface area (Å²) in [5, 5.41) is 7.98. The molecule has 4 aromatic rings. The number of hydrogen-bond donors (Lipinski definition) is 1. The van der Waals surface area contributed by atoms with Gasteiger partial charge in [0.1, 0.15) is 11.5 Å². The summed E-state index contributed by atoms with van der Waals surface area (Å²) in [4.78, 5) is 12.5. The first-order valence-electron chi connectivity index (χ1n) is 8.98. The molecule has 4 rings (SSSR count). The van der Waals surface area contributed by atoms with Crippen LogP contribution >= 0.6 is 0 Å². The molecule has 0 aliphatic heterocycles. The number of pyridine rings is 1. The predicted octanol–water partition coefficient (Wildman–Crippen LogP) is 3.34. The Bertz CT molecular complexity index is 1130. The van der Waals surface area contributed by atoms with Crippen LogP contribution in [0.2, 0.25) is 0 Å². The van der Waals surface area contributed by atoms with Gasteiger partial charge in [0.2, 0.25) is 5.95 Å². The van der Waals surface area contributed by atoms with Crippen molar-refractivity contribution in [3.63, 3.8) is 0 Å². The van der Waals surface area contributed by atoms with Crippen molar-refractivity contribution in [3.8, 4) is 17.0 Å². The summed E-state index contributed by atoms with van der Waals surface area (Å²) < 4.78 is 7.13. The number of hydrogen-bond acceptors (Lipinski definition) is 5. The molecule has 0 radical (unpaired) electrons. The Kier molecular flexibility index (Phi) is 4.76. The van der Waals surface area contributed by atoms with Gasteiger partial charge in [-0.3, -0.25) is 9.20 Å². The molecule has 2 heterocycles. The first-order valence-corrected chi connectivity index (χ1v) is 8.98. The average Bonchev–Trinajstić information content (AvgIpc) is 3.10. The summed E-state index contributed by atoms with van der Waals surface area (Å²) in [6.45, 7) is 0. The van der Waals surface area contributed by atoms with Crippen LogP contribution in [0.3, 0.4) is 0 Å². The van der Waals surface area contributed by atoms with Crippen molar-refractivity contribution in [2.24, 2.45) is 0 Å². The van der Waals surface area contributed by atoms with E-state index >= 15 is 0 Å². The number of nitrogens with zero attached hydrogens (tertiary/aromatic N) is 3. The fourth-order valence-corrected chi connectivity index (χ4v) is 3.33. The smallest absolute Gasteiger partial charge is 0.226 e. The summed E-state index contributed by atoms with van der Waals surface area (Å²) in [7, 11) is 1.62. The topological polar surface area (TPSA) is 82.5 Å². The minimum absolute atomic E-state index is 0.141. The molecule has 0 spiro atoms. The summed E-state index contributed by atoms with van der Waals surface area (Å²) in [6, 6.07) is 21.3. The minimum atomic E-state index is 0.141. The van der Waals surface area contributed by atoms with E-state index in [9.17, 15) is 4.79 Å². The van der Waals surface area contributed by atoms with E-state index in [2.05, 4.69) is 10.2 Å². The molecule has 0 amide bonds. The minimum Gasteiger partial charge on any atom is -0.496 e. The number of carbonyl (C=O) groups excluding carboxylic acids is 1. The van der Waals surface area contributed by atoms with E-state index in [-0.39, 0.29) is 5.78 Å². The number of nitrogens with two attached hydrogens (primary N) is 1. The van der Waals surface area contributed by atoms with Crippen LogP contribution in [-0.2, 0) is 17.6 Å². The quantitative estimate of drug-likeness (QED) is 0.561. The first kappa shape index (κ1) is 17.7. The Morgan fingerprint density at radius 2 is 1.75 bits per heavy atom. The van der Waals surface area contributed by atoms with Gasteiger partial charge in [0.05, 0.1) is 12.8 Å². The van der Waals surface area contributed by atoms with Crippen molar-refractivity contribution in [1.82, 2.24) is 14.6 Å². The van der Waals surface area contributed by atoms with Gasteiger partial charge in [-0.1, -0.05) is 48.5 Å². The van der Waals surface area contributed by atoms with Crippen molar-refractivity contribution >= 4 is 17.4 Å². The van der Waals surface area contributed by atoms with Gasteiger partial charge in [0.15, 0.2) is 5.65 Å². The molecule has 2 N–H and O–H groups in total. The number of benzene rings is 2. The zero-order valence-corrected chi connectivity index (χ0v) is 15.5. The van der Waals surface area contributed by atoms with Gasteiger partial charge in [-0.05, 0) is 29.3 Å². The first-order chi connectivity index (χ1) is 13.7. The number of ether oxygens (including phenoxy) is 1. The predicted molar refractivity (Wildman–Crippen MR) is 108 cm³/mol. The molecule has 0 fully saturated rings. The number of anilines is 1. The number of carbonyl (C=O) groups is 1. The molecule has 0 saturated carbocycles. The lowest BCUT2D eigenvalue weighted by molar-refractivity contribution is -0.117. The summed E-state index contributed by atoms with van der Waals surface area (Å²) in [5.41, 5.74) is 10.4. The van der Waals surface area contributed by atoms with E-state index in [1.165, 1.54) is 0 Å². The molecule has 6 nitrogen and oxygen atoms in total. The maximum atomic E-state index is 12.5. The zero-order chi connectivity index (χ0) is 19.5. The molecule has 28 heavy (non-hydrogen) atoms. The van der Waals surface area contributed by atoms with Gasteiger partial charge in [-0.2, -0.15) is 0 Å². The third-order valence-corrected chi connectivity index (χ3v) is 4.68. The average molecular weight is 372 g/mol. The van der Waals surface area contributed by atoms with Crippen LogP contribution in [-0.4, -0.2) is 27.5 Å². The molecule has 2 aromatic heterocycles. The van der Waals surface area contributed by atoms with Gasteiger partial charge in [0, 0.05) is 18.4 Å². The van der Waals surface area contributed by atoms with Crippen LogP contribution in [0.25, 0.3) is 16.9 Å². The second-order valence-electron chi connectivity index (χ2n) is 6.56. The third-order valence-electron chi connectivity index (χ3n) is 4.68. The van der Waals surface area contributed by atoms with Crippen LogP contribution < -0.4 is 10.5 Å². The summed E-state index contributed by atoms with van der Waals surface area (Å²) in [6.07, 6.45) is 0.722. The van der Waals surface area contributed by atoms with Crippen LogP contribution in [0, 0.1) is 0 Å². The Morgan fingerprint density at radius 3 is 2.54 bits per heavy atom. The second-order valence-corrected chi connectivity index (χ2v) is 6.56. The number of nitrogen functional groups attached to an aromatic ring is 1. The zero-order valence-electron chi connectivity index (χ0n) is 15.5. The fraction of sp³-hybridized carbons (Fsp3) is 0.136. The van der Waals surface area contributed by atoms with Crippen LogP contribution in [0.1, 0.15) is 11.1 Å². The Labute approximate surface area is 162 Å². The van der Waals surface area contributed by atoms with Crippen molar-refractivity contribution < 1.29 is 9.53 Å². The third kappa shape index (κ3) is 3.44. The lowest BCUT2D eigenvalue weighted by Crippen LogP contribution is -2.07. The SMILES string of the molecule is COc1ccccc1CC(=O)Cc1ccc(-c2cccc3nnc(N)n23)cc1. The standard InChI is InChI=1S/C22H20N4O2/c1-28-20-7-3-2-5-17(20)14-18(27)13-15-9-11-16(12-10-15)19-6-4-8-21-24-25-22(23)26(19)21/h2-12H,13-14H2,1H3,(H2,23,25). The normalized spacial score (nSPS) is 10.9. The molecule has 0 atom stereocenters. The van der Waals surface area contributed by atoms with Crippen LogP contribution in [0.4, 0.5) is 5.95 Å². The van der Waals surface area contributed by atoms with Gasteiger partial charge >= 0.3 is 0 Å². The molecule has 0 aliphatic carbocycles. The monoisotopic (exact) mass is 372 g/mol. The molecule has 2 aromatic carbocycles. The van der Waals surface area contributed by atoms with Gasteiger partial charge < -0.3 is 10.5 Å². The molecular formula is C22H20N4O2. The molecule has 0 aliphatic rings. The highest BCUT2D eigenvalue weighted by molar-refractivity contribution is 5.84. The van der Waals surface area contributed by atoms with Crippen molar-refractivity contribution in [3.05, 3.63) is 77.9 Å². The Morgan fingerprint density at radius 1 is 0.964 bits per heavy atom. The molecule has 140 valence electrons. The van der Waals surface area contributed by atoms with E-state index in [4.69, 9.17) is 10.5 Å². The highest BCUT2D eigenvalue weighted by Gasteiger charge is 2.11. The second kappa shape index (κ2) is 7.52. The number of fused-ring (bicyclic) bond motifs is 1. The number of Topliss-reactive ketones (excluding diaryl/α,β-unsaturated/α-hetero) is 1. The van der Waals surface area contributed by atoms with E-state index < -0.39 is 0 Å². The lowest BCUT2D eigenvalue weighted by Gasteiger charge is -2.09. The van der Waals surface area contributed by atoms with Crippen molar-refractivity contribution in [2.45, 2.75) is 12.8 Å². The lowest BCUT2D eigenvalue weighted by atomic mass is 10.0. The van der Waals surface area contributed by atoms with Crippen molar-refractivity contribution in [2.75, 3.05) is 12.8 Å². The maximum absolute atomic E-state index is 12.5. The summed E-state index contributed by atoms with van der Waals surface area (Å²) in [5.74, 6) is 1.23. The van der Waals surface area contributed by atoms with Gasteiger partial charge in [0.25, 0.3) is 0 Å².